The van der Waals surface area contributed by atoms with E-state index in [1.807, 2.05) is 0 Å². The zero-order chi connectivity index (χ0) is 29.0. The fourth-order valence-electron chi connectivity index (χ4n) is 5.44. The van der Waals surface area contributed by atoms with Crippen molar-refractivity contribution in [2.24, 2.45) is 11.5 Å². The van der Waals surface area contributed by atoms with Crippen LogP contribution in [0.5, 0.6) is 5.75 Å². The van der Waals surface area contributed by atoms with Crippen molar-refractivity contribution >= 4 is 44.7 Å². The lowest BCUT2D eigenvalue weighted by atomic mass is 9.70. The largest absolute Gasteiger partial charge is 0.573 e. The maximum Gasteiger partial charge on any atom is 0.573 e. The second kappa shape index (κ2) is 9.91. The Labute approximate surface area is 230 Å². The minimum Gasteiger partial charge on any atom is -0.406 e. The quantitative estimate of drug-likeness (QED) is 0.270. The average molecular weight is 574 g/mol. The van der Waals surface area contributed by atoms with E-state index in [0.29, 0.717) is 47.3 Å². The summed E-state index contributed by atoms with van der Waals surface area (Å²) in [5.41, 5.74) is 18.8. The summed E-state index contributed by atoms with van der Waals surface area (Å²) in [6.45, 7) is 4.39. The van der Waals surface area contributed by atoms with Crippen LogP contribution in [0.2, 0.25) is 0 Å². The van der Waals surface area contributed by atoms with Gasteiger partial charge < -0.3 is 32.2 Å². The number of hydrogen-bond acceptors (Lipinski definition) is 8. The van der Waals surface area contributed by atoms with Crippen LogP contribution in [-0.2, 0) is 15.1 Å². The van der Waals surface area contributed by atoms with Crippen molar-refractivity contribution in [3.63, 3.8) is 0 Å². The summed E-state index contributed by atoms with van der Waals surface area (Å²) in [6.07, 6.45) is -2.30. The second-order valence-electron chi connectivity index (χ2n) is 9.77. The van der Waals surface area contributed by atoms with E-state index in [9.17, 15) is 27.6 Å². The zero-order valence-electron chi connectivity index (χ0n) is 21.1. The van der Waals surface area contributed by atoms with Crippen molar-refractivity contribution in [2.75, 3.05) is 18.8 Å². The van der Waals surface area contributed by atoms with Crippen LogP contribution in [0.1, 0.15) is 45.2 Å². The summed E-state index contributed by atoms with van der Waals surface area (Å²) < 4.78 is 42.4. The summed E-state index contributed by atoms with van der Waals surface area (Å²) in [6, 6.07) is 6.18. The molecule has 1 aromatic heterocycles. The number of thiophene rings is 1. The normalized spacial score (nSPS) is 22.7. The van der Waals surface area contributed by atoms with E-state index in [4.69, 9.17) is 17.2 Å². The number of halogens is 3. The van der Waals surface area contributed by atoms with Gasteiger partial charge in [-0.3, -0.25) is 14.4 Å². The van der Waals surface area contributed by atoms with Gasteiger partial charge in [0.05, 0.1) is 15.6 Å². The van der Waals surface area contributed by atoms with Gasteiger partial charge in [0.2, 0.25) is 5.91 Å². The minimum atomic E-state index is -4.88. The van der Waals surface area contributed by atoms with Crippen molar-refractivity contribution in [3.8, 4) is 5.75 Å². The Morgan fingerprint density at radius 1 is 1.20 bits per heavy atom. The molecule has 1 saturated heterocycles. The molecule has 1 fully saturated rings. The number of nitrogens with one attached hydrogen (secondary N) is 1. The number of hydrogen-bond donors (Lipinski definition) is 4. The number of benzene rings is 2. The fraction of sp³-hybridized carbons (Fsp3) is 0.296. The second-order valence-corrected chi connectivity index (χ2v) is 10.8. The standard InChI is InChI=1S/C27H26F3N5O4S/c1-2-18(36)35-11-3-4-14(12-35)34-25(38)23-20-19-16(9-10-17(31)22(19)40-23)26(33,24(37)21(20)32)13-5-7-15(8-6-13)39-27(28,29)30/h2,5-10,14,21H,1,3-4,11-12,31-33H2,(H,34,38). The van der Waals surface area contributed by atoms with Crippen molar-refractivity contribution in [3.05, 3.63) is 70.6 Å². The Balaban J connectivity index is 1.55. The van der Waals surface area contributed by atoms with Crippen LogP contribution in [0.15, 0.2) is 49.1 Å². The lowest BCUT2D eigenvalue weighted by molar-refractivity contribution is -0.274. The van der Waals surface area contributed by atoms with Crippen LogP contribution in [0.4, 0.5) is 18.9 Å². The average Bonchev–Trinajstić information content (AvgIpc) is 3.32. The Morgan fingerprint density at radius 3 is 2.55 bits per heavy atom. The molecule has 0 spiro atoms. The van der Waals surface area contributed by atoms with Crippen molar-refractivity contribution in [2.45, 2.75) is 36.8 Å². The molecule has 40 heavy (non-hydrogen) atoms. The molecule has 2 heterocycles. The molecule has 3 aromatic rings. The van der Waals surface area contributed by atoms with Gasteiger partial charge in [-0.25, -0.2) is 0 Å². The van der Waals surface area contributed by atoms with Crippen molar-refractivity contribution < 1.29 is 32.3 Å². The molecule has 7 N–H and O–H groups in total. The third-order valence-electron chi connectivity index (χ3n) is 7.31. The molecule has 210 valence electrons. The van der Waals surface area contributed by atoms with Crippen LogP contribution in [0.25, 0.3) is 10.1 Å². The monoisotopic (exact) mass is 573 g/mol. The highest BCUT2D eigenvalue weighted by molar-refractivity contribution is 7.21. The van der Waals surface area contributed by atoms with Gasteiger partial charge in [-0.05, 0) is 48.2 Å². The van der Waals surface area contributed by atoms with E-state index >= 15 is 0 Å². The SMILES string of the molecule is C=CC(=O)N1CCCC(NC(=O)c2sc3c(N)ccc4c3c2C(N)C(=O)C4(N)c2ccc(OC(F)(F)F)cc2)C1. The highest BCUT2D eigenvalue weighted by Gasteiger charge is 2.49. The number of ketones is 1. The number of nitrogens with zero attached hydrogens (tertiary/aromatic N) is 1. The van der Waals surface area contributed by atoms with E-state index in [-0.39, 0.29) is 28.0 Å². The van der Waals surface area contributed by atoms with Gasteiger partial charge in [-0.2, -0.15) is 0 Å². The molecule has 3 unspecified atom stereocenters. The number of rotatable bonds is 5. The highest BCUT2D eigenvalue weighted by Crippen LogP contribution is 2.49. The Kier molecular flexibility index (Phi) is 6.84. The number of anilines is 1. The number of nitrogen functional groups attached to an aromatic ring is 1. The van der Waals surface area contributed by atoms with Gasteiger partial charge in [0, 0.05) is 35.8 Å². The molecule has 5 rings (SSSR count). The summed E-state index contributed by atoms with van der Waals surface area (Å²) in [7, 11) is 0. The topological polar surface area (TPSA) is 154 Å². The number of carbonyl (C=O) groups is 3. The molecule has 0 saturated carbocycles. The zero-order valence-corrected chi connectivity index (χ0v) is 21.9. The van der Waals surface area contributed by atoms with Crippen LogP contribution in [0, 0.1) is 0 Å². The molecule has 2 aliphatic rings. The number of amides is 2. The van der Waals surface area contributed by atoms with Crippen LogP contribution in [0.3, 0.4) is 0 Å². The Hall–Kier alpha value is -3.94. The van der Waals surface area contributed by atoms with Crippen molar-refractivity contribution in [1.29, 1.82) is 0 Å². The summed E-state index contributed by atoms with van der Waals surface area (Å²) >= 11 is 1.08. The number of likely N-dealkylation sites (tertiary alicyclic amines) is 1. The number of nitrogens with two attached hydrogens (primary N) is 3. The summed E-state index contributed by atoms with van der Waals surface area (Å²) in [5.74, 6) is -1.79. The molecule has 2 aromatic carbocycles. The third-order valence-corrected chi connectivity index (χ3v) is 8.56. The first-order valence-electron chi connectivity index (χ1n) is 12.4. The Bertz CT molecular complexity index is 1540. The number of ether oxygens (including phenoxy) is 1. The highest BCUT2D eigenvalue weighted by atomic mass is 32.1. The summed E-state index contributed by atoms with van der Waals surface area (Å²) in [4.78, 5) is 41.2. The van der Waals surface area contributed by atoms with E-state index in [1.165, 1.54) is 18.2 Å². The predicted octanol–water partition coefficient (Wildman–Crippen LogP) is 3.07. The predicted molar refractivity (Wildman–Crippen MR) is 144 cm³/mol. The first-order valence-corrected chi connectivity index (χ1v) is 13.2. The van der Waals surface area contributed by atoms with Crippen LogP contribution in [-0.4, -0.2) is 48.0 Å². The molecule has 13 heteroatoms. The molecule has 0 bridgehead atoms. The first-order chi connectivity index (χ1) is 18.8. The smallest absolute Gasteiger partial charge is 0.406 e. The fourth-order valence-corrected chi connectivity index (χ4v) is 6.64. The van der Waals surface area contributed by atoms with Gasteiger partial charge in [0.1, 0.15) is 11.3 Å². The van der Waals surface area contributed by atoms with Crippen molar-refractivity contribution in [1.82, 2.24) is 10.2 Å². The van der Waals surface area contributed by atoms with E-state index < -0.39 is 35.4 Å². The number of piperidine rings is 1. The number of carbonyl (C=O) groups excluding carboxylic acids is 3. The lowest BCUT2D eigenvalue weighted by Crippen LogP contribution is -2.53. The minimum absolute atomic E-state index is 0.200. The lowest BCUT2D eigenvalue weighted by Gasteiger charge is -2.36. The number of Topliss-reactive ketones (excluding diaryl/α,β-unsaturated/α-hetero) is 1. The van der Waals surface area contributed by atoms with E-state index in [1.54, 1.807) is 17.0 Å². The number of alkyl halides is 3. The Morgan fingerprint density at radius 2 is 1.90 bits per heavy atom. The van der Waals surface area contributed by atoms with E-state index in [2.05, 4.69) is 16.6 Å². The van der Waals surface area contributed by atoms with Crippen LogP contribution < -0.4 is 27.3 Å². The molecule has 3 atom stereocenters. The molecule has 1 aliphatic heterocycles. The maximum atomic E-state index is 13.8. The molecule has 2 amide bonds. The van der Waals surface area contributed by atoms with Gasteiger partial charge in [0.15, 0.2) is 5.78 Å². The van der Waals surface area contributed by atoms with Gasteiger partial charge in [-0.1, -0.05) is 24.8 Å². The molecule has 1 aliphatic carbocycles. The molecule has 0 radical (unpaired) electrons. The molecular weight excluding hydrogens is 547 g/mol. The summed E-state index contributed by atoms with van der Waals surface area (Å²) in [5, 5.41) is 3.42. The first kappa shape index (κ1) is 27.6. The van der Waals surface area contributed by atoms with Crippen LogP contribution >= 0.6 is 11.3 Å². The van der Waals surface area contributed by atoms with Gasteiger partial charge in [0.25, 0.3) is 5.91 Å². The third kappa shape index (κ3) is 4.59. The molecular formula is C27H26F3N5O4S. The van der Waals surface area contributed by atoms with Gasteiger partial charge >= 0.3 is 6.36 Å². The van der Waals surface area contributed by atoms with Gasteiger partial charge in [-0.15, -0.1) is 24.5 Å². The van der Waals surface area contributed by atoms with E-state index in [0.717, 1.165) is 23.5 Å². The molecule has 9 nitrogen and oxygen atoms in total. The maximum absolute atomic E-state index is 13.8.